The maximum Gasteiger partial charge on any atom is 0.252 e. The Bertz CT molecular complexity index is 755. The van der Waals surface area contributed by atoms with Crippen LogP contribution in [0.15, 0.2) is 42.6 Å². The molecule has 1 aliphatic heterocycles. The summed E-state index contributed by atoms with van der Waals surface area (Å²) < 4.78 is 0. The summed E-state index contributed by atoms with van der Waals surface area (Å²) in [4.78, 5) is 19.0. The number of amides is 1. The lowest BCUT2D eigenvalue weighted by atomic mass is 10.1. The number of rotatable bonds is 6. The van der Waals surface area contributed by atoms with E-state index in [1.165, 1.54) is 24.1 Å². The second-order valence-electron chi connectivity index (χ2n) is 6.98. The highest BCUT2D eigenvalue weighted by molar-refractivity contribution is 5.94. The molecule has 1 aromatic carbocycles. The van der Waals surface area contributed by atoms with Crippen LogP contribution >= 0.6 is 0 Å². The summed E-state index contributed by atoms with van der Waals surface area (Å²) in [6.07, 6.45) is 5.14. The number of nitrogens with zero attached hydrogens (tertiary/aromatic N) is 2. The van der Waals surface area contributed by atoms with Gasteiger partial charge in [-0.3, -0.25) is 4.79 Å². The van der Waals surface area contributed by atoms with E-state index in [0.29, 0.717) is 24.2 Å². The molecule has 1 amide bonds. The fraction of sp³-hybridized carbons (Fsp3) is 0.400. The largest absolute Gasteiger partial charge is 0.367 e. The van der Waals surface area contributed by atoms with Gasteiger partial charge in [0.25, 0.3) is 5.91 Å². The van der Waals surface area contributed by atoms with E-state index in [0.717, 1.165) is 18.8 Å². The third-order valence-corrected chi connectivity index (χ3v) is 4.94. The topological polar surface area (TPSA) is 57.3 Å². The van der Waals surface area contributed by atoms with Gasteiger partial charge in [0.2, 0.25) is 0 Å². The first-order valence-corrected chi connectivity index (χ1v) is 9.06. The molecule has 130 valence electrons. The fourth-order valence-corrected chi connectivity index (χ4v) is 3.41. The predicted molar refractivity (Wildman–Crippen MR) is 100 cm³/mol. The van der Waals surface area contributed by atoms with E-state index in [1.54, 1.807) is 6.20 Å². The lowest BCUT2D eigenvalue weighted by Gasteiger charge is -2.25. The molecule has 2 aromatic rings. The van der Waals surface area contributed by atoms with Crippen LogP contribution in [-0.2, 0) is 6.42 Å². The first-order valence-electron chi connectivity index (χ1n) is 9.06. The average molecular weight is 336 g/mol. The number of benzene rings is 1. The van der Waals surface area contributed by atoms with Gasteiger partial charge < -0.3 is 15.5 Å². The Hall–Kier alpha value is -2.56. The van der Waals surface area contributed by atoms with Crippen molar-refractivity contribution in [3.63, 3.8) is 0 Å². The zero-order chi connectivity index (χ0) is 17.2. The number of carbonyl (C=O) groups excluding carboxylic acids is 1. The lowest BCUT2D eigenvalue weighted by Crippen LogP contribution is -2.37. The van der Waals surface area contributed by atoms with Crippen LogP contribution in [-0.4, -0.2) is 36.1 Å². The molecular formula is C20H24N4O. The van der Waals surface area contributed by atoms with Gasteiger partial charge in [-0.25, -0.2) is 4.98 Å². The Morgan fingerprint density at radius 1 is 1.24 bits per heavy atom. The molecule has 1 atom stereocenters. The summed E-state index contributed by atoms with van der Waals surface area (Å²) in [5.41, 5.74) is 3.29. The molecule has 2 heterocycles. The molecule has 4 rings (SSSR count). The molecule has 25 heavy (non-hydrogen) atoms. The molecule has 1 aromatic heterocycles. The number of pyridine rings is 1. The van der Waals surface area contributed by atoms with E-state index in [9.17, 15) is 4.79 Å². The van der Waals surface area contributed by atoms with Crippen molar-refractivity contribution in [1.82, 2.24) is 10.3 Å². The SMILES string of the molecule is CC1Cc2ccccc2N1CCNC(=O)c1ccc(NC2CC2)nc1. The van der Waals surface area contributed by atoms with Crippen molar-refractivity contribution in [1.29, 1.82) is 0 Å². The minimum Gasteiger partial charge on any atom is -0.367 e. The van der Waals surface area contributed by atoms with Crippen LogP contribution in [0.5, 0.6) is 0 Å². The summed E-state index contributed by atoms with van der Waals surface area (Å²) >= 11 is 0. The Balaban J connectivity index is 1.30. The molecule has 2 aliphatic rings. The number of hydrogen-bond donors (Lipinski definition) is 2. The van der Waals surface area contributed by atoms with Gasteiger partial charge in [0, 0.05) is 37.1 Å². The van der Waals surface area contributed by atoms with Crippen molar-refractivity contribution >= 4 is 17.4 Å². The summed E-state index contributed by atoms with van der Waals surface area (Å²) in [6, 6.07) is 13.3. The van der Waals surface area contributed by atoms with Crippen molar-refractivity contribution in [2.24, 2.45) is 0 Å². The van der Waals surface area contributed by atoms with Crippen molar-refractivity contribution in [2.45, 2.75) is 38.3 Å². The Labute approximate surface area is 148 Å². The standard InChI is InChI=1S/C20H24N4O/c1-14-12-15-4-2-3-5-18(15)24(14)11-10-21-20(25)16-6-9-19(22-13-16)23-17-7-8-17/h2-6,9,13-14,17H,7-8,10-12H2,1H3,(H,21,25)(H,22,23). The van der Waals surface area contributed by atoms with Crippen LogP contribution in [0.3, 0.4) is 0 Å². The van der Waals surface area contributed by atoms with E-state index in [-0.39, 0.29) is 5.91 Å². The first-order chi connectivity index (χ1) is 12.2. The number of aromatic nitrogens is 1. The number of fused-ring (bicyclic) bond motifs is 1. The highest BCUT2D eigenvalue weighted by Gasteiger charge is 2.25. The molecule has 0 saturated heterocycles. The third-order valence-electron chi connectivity index (χ3n) is 4.94. The maximum atomic E-state index is 12.3. The van der Waals surface area contributed by atoms with Crippen molar-refractivity contribution in [3.8, 4) is 0 Å². The Kier molecular flexibility index (Phi) is 4.30. The van der Waals surface area contributed by atoms with E-state index in [1.807, 2.05) is 12.1 Å². The molecule has 1 unspecified atom stereocenters. The lowest BCUT2D eigenvalue weighted by molar-refractivity contribution is 0.0954. The molecular weight excluding hydrogens is 312 g/mol. The highest BCUT2D eigenvalue weighted by atomic mass is 16.1. The molecule has 1 aliphatic carbocycles. The van der Waals surface area contributed by atoms with Gasteiger partial charge in [-0.2, -0.15) is 0 Å². The smallest absolute Gasteiger partial charge is 0.252 e. The Morgan fingerprint density at radius 3 is 2.84 bits per heavy atom. The van der Waals surface area contributed by atoms with Crippen LogP contribution < -0.4 is 15.5 Å². The summed E-state index contributed by atoms with van der Waals surface area (Å²) in [6.45, 7) is 3.68. The number of anilines is 2. The number of carbonyl (C=O) groups is 1. The van der Waals surface area contributed by atoms with E-state index in [4.69, 9.17) is 0 Å². The quantitative estimate of drug-likeness (QED) is 0.852. The summed E-state index contributed by atoms with van der Waals surface area (Å²) in [5.74, 6) is 0.784. The van der Waals surface area contributed by atoms with Crippen molar-refractivity contribution in [2.75, 3.05) is 23.3 Å². The number of hydrogen-bond acceptors (Lipinski definition) is 4. The molecule has 0 radical (unpaired) electrons. The zero-order valence-corrected chi connectivity index (χ0v) is 14.5. The molecule has 5 nitrogen and oxygen atoms in total. The van der Waals surface area contributed by atoms with Crippen LogP contribution in [0.1, 0.15) is 35.7 Å². The second-order valence-corrected chi connectivity index (χ2v) is 6.98. The number of para-hydroxylation sites is 1. The van der Waals surface area contributed by atoms with E-state index >= 15 is 0 Å². The molecule has 2 N–H and O–H groups in total. The van der Waals surface area contributed by atoms with Crippen LogP contribution in [0.25, 0.3) is 0 Å². The minimum atomic E-state index is -0.0643. The summed E-state index contributed by atoms with van der Waals surface area (Å²) in [7, 11) is 0. The normalized spacial score (nSPS) is 18.8. The highest BCUT2D eigenvalue weighted by Crippen LogP contribution is 2.31. The minimum absolute atomic E-state index is 0.0643. The molecule has 1 fully saturated rings. The van der Waals surface area contributed by atoms with E-state index < -0.39 is 0 Å². The van der Waals surface area contributed by atoms with Gasteiger partial charge in [0.15, 0.2) is 0 Å². The van der Waals surface area contributed by atoms with Gasteiger partial charge in [-0.15, -0.1) is 0 Å². The van der Waals surface area contributed by atoms with Crippen LogP contribution in [0, 0.1) is 0 Å². The van der Waals surface area contributed by atoms with Gasteiger partial charge in [0.05, 0.1) is 5.56 Å². The van der Waals surface area contributed by atoms with Gasteiger partial charge >= 0.3 is 0 Å². The van der Waals surface area contributed by atoms with Crippen LogP contribution in [0.2, 0.25) is 0 Å². The van der Waals surface area contributed by atoms with Gasteiger partial charge in [0.1, 0.15) is 5.82 Å². The predicted octanol–water partition coefficient (Wildman–Crippen LogP) is 2.84. The second kappa shape index (κ2) is 6.75. The molecule has 5 heteroatoms. The van der Waals surface area contributed by atoms with Crippen molar-refractivity contribution < 1.29 is 4.79 Å². The average Bonchev–Trinajstić information content (AvgIpc) is 3.38. The molecule has 0 spiro atoms. The fourth-order valence-electron chi connectivity index (χ4n) is 3.41. The first kappa shape index (κ1) is 15.9. The van der Waals surface area contributed by atoms with Crippen LogP contribution in [0.4, 0.5) is 11.5 Å². The molecule has 0 bridgehead atoms. The third kappa shape index (κ3) is 3.60. The van der Waals surface area contributed by atoms with Crippen molar-refractivity contribution in [3.05, 3.63) is 53.7 Å². The van der Waals surface area contributed by atoms with Gasteiger partial charge in [-0.05, 0) is 49.9 Å². The van der Waals surface area contributed by atoms with Gasteiger partial charge in [-0.1, -0.05) is 18.2 Å². The maximum absolute atomic E-state index is 12.3. The molecule has 1 saturated carbocycles. The summed E-state index contributed by atoms with van der Waals surface area (Å²) in [5, 5.41) is 6.34. The number of nitrogens with one attached hydrogen (secondary N) is 2. The zero-order valence-electron chi connectivity index (χ0n) is 14.5. The van der Waals surface area contributed by atoms with E-state index in [2.05, 4.69) is 51.7 Å². The Morgan fingerprint density at radius 2 is 2.08 bits per heavy atom. The monoisotopic (exact) mass is 336 g/mol.